The molecule has 0 aromatic carbocycles. The Morgan fingerprint density at radius 3 is 2.48 bits per heavy atom. The number of aliphatic hydroxyl groups excluding tert-OH is 1. The predicted molar refractivity (Wildman–Crippen MR) is 92.0 cm³/mol. The first-order chi connectivity index (χ1) is 12.8. The number of hydrogen-bond acceptors (Lipinski definition) is 6. The van der Waals surface area contributed by atoms with Gasteiger partial charge in [0.25, 0.3) is 0 Å². The number of quaternary nitrogens is 1. The van der Waals surface area contributed by atoms with Crippen LogP contribution in [0.1, 0.15) is 44.9 Å². The largest absolute Gasteiger partial charge is 0.550 e. The minimum absolute atomic E-state index is 0.187. The molecule has 2 unspecified atom stereocenters. The Hall–Kier alpha value is -1.93. The lowest BCUT2D eigenvalue weighted by molar-refractivity contribution is -0.908. The highest BCUT2D eigenvalue weighted by Crippen LogP contribution is 2.24. The molecule has 1 aliphatic heterocycles. The van der Waals surface area contributed by atoms with Gasteiger partial charge in [-0.25, -0.2) is 0 Å². The molecule has 2 fully saturated rings. The number of likely N-dealkylation sites (tertiary alicyclic amines) is 1. The summed E-state index contributed by atoms with van der Waals surface area (Å²) in [6.07, 6.45) is 7.45. The van der Waals surface area contributed by atoms with Gasteiger partial charge in [0, 0.05) is 12.3 Å². The summed E-state index contributed by atoms with van der Waals surface area (Å²) >= 11 is 0. The number of amides is 1. The highest BCUT2D eigenvalue weighted by Gasteiger charge is 2.25. The lowest BCUT2D eigenvalue weighted by Gasteiger charge is -2.31. The van der Waals surface area contributed by atoms with Crippen molar-refractivity contribution in [2.75, 3.05) is 19.6 Å². The summed E-state index contributed by atoms with van der Waals surface area (Å²) < 4.78 is 0. The van der Waals surface area contributed by atoms with E-state index >= 15 is 0 Å². The van der Waals surface area contributed by atoms with Crippen LogP contribution in [0.5, 0.6) is 0 Å². The quantitative estimate of drug-likeness (QED) is 0.378. The van der Waals surface area contributed by atoms with Gasteiger partial charge in [0.2, 0.25) is 5.91 Å². The fraction of sp³-hybridized carbons (Fsp3) is 0.737. The molecule has 1 saturated heterocycles. The second-order valence-corrected chi connectivity index (χ2v) is 7.71. The van der Waals surface area contributed by atoms with Gasteiger partial charge >= 0.3 is 0 Å². The molecule has 0 radical (unpaired) electrons. The van der Waals surface area contributed by atoms with E-state index in [1.165, 1.54) is 6.08 Å². The third kappa shape index (κ3) is 7.30. The number of piperidine rings is 1. The molecular formula is C19H29N2O6-. The van der Waals surface area contributed by atoms with Crippen LogP contribution < -0.4 is 20.4 Å². The van der Waals surface area contributed by atoms with Crippen molar-refractivity contribution in [3.8, 4) is 0 Å². The van der Waals surface area contributed by atoms with E-state index < -0.39 is 29.8 Å². The Morgan fingerprint density at radius 2 is 1.85 bits per heavy atom. The van der Waals surface area contributed by atoms with Crippen LogP contribution in [0.15, 0.2) is 12.2 Å². The SMILES string of the molecule is O=C(C=CC1CCC(O)CC1)N[C@H](CC[NH+]1CCCC(C(=O)[O-])C1)C(=O)[O-]. The van der Waals surface area contributed by atoms with Crippen LogP contribution in [0.4, 0.5) is 0 Å². The number of aliphatic carboxylic acids is 2. The predicted octanol–water partition coefficient (Wildman–Crippen LogP) is -3.24. The number of nitrogens with one attached hydrogen (secondary N) is 2. The molecule has 0 aromatic rings. The molecule has 27 heavy (non-hydrogen) atoms. The van der Waals surface area contributed by atoms with E-state index in [0.717, 1.165) is 30.7 Å². The number of carboxylic acid groups (broad SMARTS) is 2. The van der Waals surface area contributed by atoms with Crippen molar-refractivity contribution in [1.82, 2.24) is 5.32 Å². The highest BCUT2D eigenvalue weighted by atomic mass is 16.4. The van der Waals surface area contributed by atoms with Gasteiger partial charge in [-0.15, -0.1) is 0 Å². The van der Waals surface area contributed by atoms with Gasteiger partial charge < -0.3 is 35.1 Å². The van der Waals surface area contributed by atoms with Crippen molar-refractivity contribution in [1.29, 1.82) is 0 Å². The number of carbonyl (C=O) groups is 3. The normalized spacial score (nSPS) is 30.0. The van der Waals surface area contributed by atoms with Crippen LogP contribution in [-0.2, 0) is 14.4 Å². The molecule has 1 amide bonds. The summed E-state index contributed by atoms with van der Waals surface area (Å²) in [5.41, 5.74) is 0. The van der Waals surface area contributed by atoms with Crippen molar-refractivity contribution in [3.05, 3.63) is 12.2 Å². The fourth-order valence-corrected chi connectivity index (χ4v) is 3.91. The molecule has 8 nitrogen and oxygen atoms in total. The number of carboxylic acids is 2. The van der Waals surface area contributed by atoms with Gasteiger partial charge in [-0.2, -0.15) is 0 Å². The van der Waals surface area contributed by atoms with Gasteiger partial charge in [-0.05, 0) is 50.5 Å². The third-order valence-electron chi connectivity index (χ3n) is 5.60. The smallest absolute Gasteiger partial charge is 0.244 e. The zero-order valence-corrected chi connectivity index (χ0v) is 15.5. The molecular weight excluding hydrogens is 352 g/mol. The highest BCUT2D eigenvalue weighted by molar-refractivity contribution is 5.90. The van der Waals surface area contributed by atoms with E-state index in [0.29, 0.717) is 32.4 Å². The molecule has 0 aromatic heterocycles. The molecule has 2 rings (SSSR count). The van der Waals surface area contributed by atoms with Crippen molar-refractivity contribution in [3.63, 3.8) is 0 Å². The summed E-state index contributed by atoms with van der Waals surface area (Å²) in [6.45, 7) is 1.65. The van der Waals surface area contributed by atoms with Crippen LogP contribution in [0.2, 0.25) is 0 Å². The second kappa shape index (κ2) is 10.4. The zero-order valence-electron chi connectivity index (χ0n) is 15.5. The first-order valence-corrected chi connectivity index (χ1v) is 9.77. The van der Waals surface area contributed by atoms with Crippen LogP contribution in [0.3, 0.4) is 0 Å². The van der Waals surface area contributed by atoms with Crippen molar-refractivity contribution in [2.45, 2.75) is 57.1 Å². The molecule has 1 saturated carbocycles. The van der Waals surface area contributed by atoms with E-state index in [1.807, 2.05) is 0 Å². The Morgan fingerprint density at radius 1 is 1.15 bits per heavy atom. The monoisotopic (exact) mass is 381 g/mol. The maximum absolute atomic E-state index is 12.0. The summed E-state index contributed by atoms with van der Waals surface area (Å²) in [5, 5.41) is 34.3. The minimum atomic E-state index is -1.34. The lowest BCUT2D eigenvalue weighted by Crippen LogP contribution is -3.14. The lowest BCUT2D eigenvalue weighted by atomic mass is 9.87. The molecule has 2 aliphatic rings. The molecule has 1 aliphatic carbocycles. The number of aliphatic hydroxyl groups is 1. The summed E-state index contributed by atoms with van der Waals surface area (Å²) in [6, 6.07) is -1.11. The molecule has 1 heterocycles. The van der Waals surface area contributed by atoms with E-state index in [-0.39, 0.29) is 18.4 Å². The van der Waals surface area contributed by atoms with Crippen LogP contribution in [0, 0.1) is 11.8 Å². The minimum Gasteiger partial charge on any atom is -0.550 e. The molecule has 3 atom stereocenters. The Kier molecular flexibility index (Phi) is 8.24. The second-order valence-electron chi connectivity index (χ2n) is 7.71. The van der Waals surface area contributed by atoms with Crippen molar-refractivity contribution >= 4 is 17.8 Å². The molecule has 152 valence electrons. The molecule has 0 bridgehead atoms. The van der Waals surface area contributed by atoms with Gasteiger partial charge in [0.1, 0.15) is 0 Å². The zero-order chi connectivity index (χ0) is 19.8. The third-order valence-corrected chi connectivity index (χ3v) is 5.60. The topological polar surface area (TPSA) is 134 Å². The first-order valence-electron chi connectivity index (χ1n) is 9.77. The Bertz CT molecular complexity index is 556. The standard InChI is InChI=1S/C19H30N2O6/c22-15-6-3-13(4-7-15)5-8-17(23)20-16(19(26)27)9-11-21-10-1-2-14(12-21)18(24)25/h5,8,13-16,22H,1-4,6-7,9-12H2,(H,20,23)(H,24,25)(H,26,27)/p-1/t13?,14?,15?,16-/m1/s1. The van der Waals surface area contributed by atoms with Crippen molar-refractivity contribution < 1.29 is 34.6 Å². The van der Waals surface area contributed by atoms with E-state index in [4.69, 9.17) is 0 Å². The van der Waals surface area contributed by atoms with E-state index in [9.17, 15) is 29.7 Å². The molecule has 0 spiro atoms. The summed E-state index contributed by atoms with van der Waals surface area (Å²) in [7, 11) is 0. The fourth-order valence-electron chi connectivity index (χ4n) is 3.91. The van der Waals surface area contributed by atoms with Crippen LogP contribution in [-0.4, -0.2) is 54.7 Å². The molecule has 3 N–H and O–H groups in total. The maximum atomic E-state index is 12.0. The molecule has 8 heteroatoms. The number of hydrogen-bond donors (Lipinski definition) is 3. The maximum Gasteiger partial charge on any atom is 0.244 e. The average molecular weight is 381 g/mol. The van der Waals surface area contributed by atoms with Crippen LogP contribution >= 0.6 is 0 Å². The van der Waals surface area contributed by atoms with E-state index in [2.05, 4.69) is 5.32 Å². The summed E-state index contributed by atoms with van der Waals surface area (Å²) in [4.78, 5) is 35.4. The number of rotatable bonds is 8. The van der Waals surface area contributed by atoms with Gasteiger partial charge in [-0.1, -0.05) is 6.08 Å². The summed E-state index contributed by atoms with van der Waals surface area (Å²) in [5.74, 6) is -3.15. The number of carbonyl (C=O) groups excluding carboxylic acids is 3. The van der Waals surface area contributed by atoms with Gasteiger partial charge in [0.15, 0.2) is 0 Å². The average Bonchev–Trinajstić information content (AvgIpc) is 2.64. The Labute approximate surface area is 159 Å². The van der Waals surface area contributed by atoms with Gasteiger partial charge in [0.05, 0.1) is 43.7 Å². The van der Waals surface area contributed by atoms with E-state index in [1.54, 1.807) is 6.08 Å². The number of allylic oxidation sites excluding steroid dienone is 1. The Balaban J connectivity index is 1.78. The first kappa shape index (κ1) is 21.4. The van der Waals surface area contributed by atoms with Gasteiger partial charge in [-0.3, -0.25) is 4.79 Å². The van der Waals surface area contributed by atoms with Crippen molar-refractivity contribution in [2.24, 2.45) is 11.8 Å². The van der Waals surface area contributed by atoms with Crippen LogP contribution in [0.25, 0.3) is 0 Å².